The van der Waals surface area contributed by atoms with Crippen molar-refractivity contribution in [2.24, 2.45) is 0 Å². The van der Waals surface area contributed by atoms with Crippen molar-refractivity contribution in [3.63, 3.8) is 0 Å². The van der Waals surface area contributed by atoms with Crippen molar-refractivity contribution in [1.29, 1.82) is 5.26 Å². The number of phenols is 1. The molecule has 0 bridgehead atoms. The van der Waals surface area contributed by atoms with Gasteiger partial charge in [-0.2, -0.15) is 10.2 Å². The molecule has 1 unspecified atom stereocenters. The molecule has 0 saturated carbocycles. The number of methoxy groups -OCH3 is 2. The first-order valence-corrected chi connectivity index (χ1v) is 8.58. The number of rotatable bonds is 3. The molecule has 1 N–H and O–H groups in total. The zero-order valence-electron chi connectivity index (χ0n) is 15.3. The van der Waals surface area contributed by atoms with Gasteiger partial charge in [-0.25, -0.2) is 4.79 Å². The minimum Gasteiger partial charge on any atom is -0.504 e. The lowest BCUT2D eigenvalue weighted by atomic mass is 9.93. The van der Waals surface area contributed by atoms with Crippen LogP contribution in [0.1, 0.15) is 16.7 Å². The zero-order valence-corrected chi connectivity index (χ0v) is 15.3. The second-order valence-corrected chi connectivity index (χ2v) is 6.42. The molecule has 142 valence electrons. The summed E-state index contributed by atoms with van der Waals surface area (Å²) in [4.78, 5) is 18.6. The molecule has 1 atom stereocenters. The number of aromatic hydroxyl groups is 1. The molecule has 1 aliphatic rings. The minimum absolute atomic E-state index is 0.0183. The minimum atomic E-state index is -0.723. The van der Waals surface area contributed by atoms with Crippen molar-refractivity contribution in [3.8, 4) is 17.6 Å². The predicted molar refractivity (Wildman–Crippen MR) is 99.1 cm³/mol. The Morgan fingerprint density at radius 2 is 2.18 bits per heavy atom. The summed E-state index contributed by atoms with van der Waals surface area (Å²) in [7, 11) is 2.79. The van der Waals surface area contributed by atoms with Crippen LogP contribution in [0.15, 0.2) is 34.7 Å². The number of nitrogens with zero attached hydrogens (tertiary/aromatic N) is 3. The van der Waals surface area contributed by atoms with Crippen molar-refractivity contribution in [2.75, 3.05) is 19.1 Å². The summed E-state index contributed by atoms with van der Waals surface area (Å²) in [5.41, 5.74) is 2.97. The fourth-order valence-corrected chi connectivity index (χ4v) is 3.45. The quantitative estimate of drug-likeness (QED) is 0.692. The van der Waals surface area contributed by atoms with Gasteiger partial charge in [-0.05, 0) is 23.8 Å². The first-order valence-electron chi connectivity index (χ1n) is 8.58. The van der Waals surface area contributed by atoms with Crippen LogP contribution in [0.2, 0.25) is 0 Å². The predicted octanol–water partition coefficient (Wildman–Crippen LogP) is 2.52. The van der Waals surface area contributed by atoms with Crippen LogP contribution in [0.5, 0.6) is 11.5 Å². The van der Waals surface area contributed by atoms with E-state index in [1.165, 1.54) is 14.2 Å². The standard InChI is InChI=1S/C20H17N3O5/c1-26-16-6-4-12-10-23(15(19(25)27-2)8-13(12)18(16)24)20-22-14-5-3-11(9-21)7-17(14)28-20/h3-7,15,24H,8,10H2,1-2H3. The van der Waals surface area contributed by atoms with E-state index >= 15 is 0 Å². The van der Waals surface area contributed by atoms with Gasteiger partial charge >= 0.3 is 5.97 Å². The van der Waals surface area contributed by atoms with Gasteiger partial charge in [0.25, 0.3) is 6.01 Å². The van der Waals surface area contributed by atoms with Crippen molar-refractivity contribution >= 4 is 23.1 Å². The highest BCUT2D eigenvalue weighted by Crippen LogP contribution is 2.39. The van der Waals surface area contributed by atoms with Crippen LogP contribution in [0.25, 0.3) is 11.1 Å². The number of oxazole rings is 1. The van der Waals surface area contributed by atoms with Crippen LogP contribution in [0, 0.1) is 11.3 Å². The molecule has 8 nitrogen and oxygen atoms in total. The van der Waals surface area contributed by atoms with Crippen molar-refractivity contribution in [2.45, 2.75) is 19.0 Å². The second-order valence-electron chi connectivity index (χ2n) is 6.42. The molecule has 1 aliphatic heterocycles. The molecule has 1 aromatic heterocycles. The highest BCUT2D eigenvalue weighted by molar-refractivity contribution is 5.82. The molecule has 3 aromatic rings. The van der Waals surface area contributed by atoms with E-state index in [4.69, 9.17) is 19.2 Å². The normalized spacial score (nSPS) is 15.8. The molecule has 4 rings (SSSR count). The molecule has 0 aliphatic carbocycles. The maximum Gasteiger partial charge on any atom is 0.329 e. The molecule has 0 spiro atoms. The lowest BCUT2D eigenvalue weighted by Crippen LogP contribution is -2.46. The van der Waals surface area contributed by atoms with E-state index in [1.807, 2.05) is 6.07 Å². The molecule has 0 saturated heterocycles. The number of benzene rings is 2. The SMILES string of the molecule is COC(=O)C1Cc2c(ccc(OC)c2O)CN1c1nc2ccc(C#N)cc2o1. The Bertz CT molecular complexity index is 1110. The topological polar surface area (TPSA) is 109 Å². The van der Waals surface area contributed by atoms with Crippen LogP contribution < -0.4 is 9.64 Å². The van der Waals surface area contributed by atoms with Crippen LogP contribution >= 0.6 is 0 Å². The molecule has 8 heteroatoms. The monoisotopic (exact) mass is 379 g/mol. The number of carbonyl (C=O) groups excluding carboxylic acids is 1. The van der Waals surface area contributed by atoms with Crippen LogP contribution in [-0.4, -0.2) is 36.3 Å². The first-order chi connectivity index (χ1) is 13.5. The van der Waals surface area contributed by atoms with Crippen LogP contribution in [-0.2, 0) is 22.5 Å². The van der Waals surface area contributed by atoms with Crippen LogP contribution in [0.3, 0.4) is 0 Å². The van der Waals surface area contributed by atoms with Crippen molar-refractivity contribution in [3.05, 3.63) is 47.0 Å². The number of anilines is 1. The van der Waals surface area contributed by atoms with E-state index in [1.54, 1.807) is 29.2 Å². The Hall–Kier alpha value is -3.73. The van der Waals surface area contributed by atoms with Gasteiger partial charge in [0.15, 0.2) is 17.1 Å². The molecular formula is C20H17N3O5. The fourth-order valence-electron chi connectivity index (χ4n) is 3.45. The zero-order chi connectivity index (χ0) is 19.8. The number of ether oxygens (including phenoxy) is 2. The Morgan fingerprint density at radius 1 is 1.36 bits per heavy atom. The van der Waals surface area contributed by atoms with Crippen molar-refractivity contribution in [1.82, 2.24) is 4.98 Å². The van der Waals surface area contributed by atoms with Gasteiger partial charge in [-0.1, -0.05) is 6.07 Å². The number of hydrogen-bond donors (Lipinski definition) is 1. The Morgan fingerprint density at radius 3 is 2.89 bits per heavy atom. The molecule has 0 fully saturated rings. The number of carbonyl (C=O) groups is 1. The van der Waals surface area contributed by atoms with Gasteiger partial charge < -0.3 is 23.9 Å². The number of nitriles is 1. The summed E-state index contributed by atoms with van der Waals surface area (Å²) in [6.07, 6.45) is 0.215. The Kier molecular flexibility index (Phi) is 4.28. The van der Waals surface area contributed by atoms with E-state index in [-0.39, 0.29) is 18.2 Å². The highest BCUT2D eigenvalue weighted by Gasteiger charge is 2.37. The van der Waals surface area contributed by atoms with Gasteiger partial charge in [-0.3, -0.25) is 0 Å². The van der Waals surface area contributed by atoms with Gasteiger partial charge in [0, 0.05) is 24.6 Å². The third-order valence-electron chi connectivity index (χ3n) is 4.90. The summed E-state index contributed by atoms with van der Waals surface area (Å²) >= 11 is 0. The maximum atomic E-state index is 12.5. The number of fused-ring (bicyclic) bond motifs is 2. The summed E-state index contributed by atoms with van der Waals surface area (Å²) < 4.78 is 16.0. The van der Waals surface area contributed by atoms with Gasteiger partial charge in [0.05, 0.1) is 25.9 Å². The molecular weight excluding hydrogens is 362 g/mol. The number of esters is 1. The Balaban J connectivity index is 1.80. The number of phenolic OH excluding ortho intramolecular Hbond substituents is 1. The Labute approximate surface area is 160 Å². The molecule has 28 heavy (non-hydrogen) atoms. The van der Waals surface area contributed by atoms with Gasteiger partial charge in [-0.15, -0.1) is 0 Å². The van der Waals surface area contributed by atoms with Crippen molar-refractivity contribution < 1.29 is 23.8 Å². The fraction of sp³-hybridized carbons (Fsp3) is 0.250. The number of aromatic nitrogens is 1. The van der Waals surface area contributed by atoms with E-state index in [0.29, 0.717) is 34.5 Å². The third-order valence-corrected chi connectivity index (χ3v) is 4.90. The maximum absolute atomic E-state index is 12.5. The van der Waals surface area contributed by atoms with Crippen LogP contribution in [0.4, 0.5) is 6.01 Å². The van der Waals surface area contributed by atoms with E-state index in [9.17, 15) is 9.90 Å². The molecule has 0 amide bonds. The largest absolute Gasteiger partial charge is 0.504 e. The summed E-state index contributed by atoms with van der Waals surface area (Å²) in [5, 5.41) is 19.5. The lowest BCUT2D eigenvalue weighted by Gasteiger charge is -2.34. The second kappa shape index (κ2) is 6.78. The molecule has 2 aromatic carbocycles. The van der Waals surface area contributed by atoms with Gasteiger partial charge in [0.1, 0.15) is 11.6 Å². The average Bonchev–Trinajstić information content (AvgIpc) is 3.15. The first kappa shape index (κ1) is 17.7. The van der Waals surface area contributed by atoms with E-state index in [2.05, 4.69) is 11.1 Å². The lowest BCUT2D eigenvalue weighted by molar-refractivity contribution is -0.142. The van der Waals surface area contributed by atoms with E-state index < -0.39 is 12.0 Å². The third kappa shape index (κ3) is 2.77. The molecule has 0 radical (unpaired) electrons. The summed E-state index contributed by atoms with van der Waals surface area (Å²) in [5.74, 6) is -0.0978. The van der Waals surface area contributed by atoms with E-state index in [0.717, 1.165) is 5.56 Å². The summed E-state index contributed by atoms with van der Waals surface area (Å²) in [6.45, 7) is 0.296. The smallest absolute Gasteiger partial charge is 0.329 e. The average molecular weight is 379 g/mol. The molecule has 2 heterocycles. The number of hydrogen-bond acceptors (Lipinski definition) is 8. The highest BCUT2D eigenvalue weighted by atomic mass is 16.5. The van der Waals surface area contributed by atoms with Gasteiger partial charge in [0.2, 0.25) is 0 Å². The summed E-state index contributed by atoms with van der Waals surface area (Å²) in [6, 6.07) is 10.1.